The molecular formula is C13H14F3NO3S. The number of hydrogen-bond acceptors (Lipinski definition) is 4. The maximum atomic E-state index is 12.8. The molecule has 1 aromatic rings. The fraction of sp³-hybridized carbons (Fsp3) is 0.462. The van der Waals surface area contributed by atoms with Crippen molar-refractivity contribution in [2.24, 2.45) is 0 Å². The fourth-order valence-electron chi connectivity index (χ4n) is 1.45. The molecule has 0 fully saturated rings. The molecule has 0 N–H and O–H groups in total. The van der Waals surface area contributed by atoms with Gasteiger partial charge in [0, 0.05) is 0 Å². The Labute approximate surface area is 121 Å². The van der Waals surface area contributed by atoms with Gasteiger partial charge in [0.15, 0.2) is 9.84 Å². The molecule has 0 unspecified atom stereocenters. The standard InChI is InChI=1S/C13H14F3NO3S/c1-9(2)21(18,19)6-5-20-12-4-3-10(8-17)7-11(12)13(14,15)16/h3-4,7,9H,5-6H2,1-2H3. The first-order chi connectivity index (χ1) is 9.58. The molecule has 116 valence electrons. The highest BCUT2D eigenvalue weighted by molar-refractivity contribution is 7.91. The summed E-state index contributed by atoms with van der Waals surface area (Å²) >= 11 is 0. The van der Waals surface area contributed by atoms with Crippen molar-refractivity contribution in [3.63, 3.8) is 0 Å². The number of alkyl halides is 3. The van der Waals surface area contributed by atoms with E-state index >= 15 is 0 Å². The van der Waals surface area contributed by atoms with Crippen LogP contribution in [-0.2, 0) is 16.0 Å². The fourth-order valence-corrected chi connectivity index (χ4v) is 2.24. The van der Waals surface area contributed by atoms with Crippen LogP contribution in [0.1, 0.15) is 25.0 Å². The maximum Gasteiger partial charge on any atom is 0.420 e. The van der Waals surface area contributed by atoms with Crippen LogP contribution in [0.2, 0.25) is 0 Å². The van der Waals surface area contributed by atoms with Crippen LogP contribution in [0.15, 0.2) is 18.2 Å². The van der Waals surface area contributed by atoms with E-state index in [9.17, 15) is 21.6 Å². The molecule has 8 heteroatoms. The minimum absolute atomic E-state index is 0.149. The lowest BCUT2D eigenvalue weighted by molar-refractivity contribution is -0.138. The van der Waals surface area contributed by atoms with Gasteiger partial charge in [-0.2, -0.15) is 18.4 Å². The average molecular weight is 321 g/mol. The van der Waals surface area contributed by atoms with Gasteiger partial charge >= 0.3 is 6.18 Å². The lowest BCUT2D eigenvalue weighted by Gasteiger charge is -2.14. The van der Waals surface area contributed by atoms with Crippen molar-refractivity contribution >= 4 is 9.84 Å². The summed E-state index contributed by atoms with van der Waals surface area (Å²) in [6, 6.07) is 4.48. The molecule has 0 bridgehead atoms. The van der Waals surface area contributed by atoms with Gasteiger partial charge in [-0.05, 0) is 32.0 Å². The zero-order chi connectivity index (χ0) is 16.3. The van der Waals surface area contributed by atoms with Crippen LogP contribution >= 0.6 is 0 Å². The van der Waals surface area contributed by atoms with Crippen LogP contribution in [0, 0.1) is 11.3 Å². The lowest BCUT2D eigenvalue weighted by atomic mass is 10.1. The molecule has 1 rings (SSSR count). The van der Waals surface area contributed by atoms with Crippen LogP contribution in [0.3, 0.4) is 0 Å². The van der Waals surface area contributed by atoms with Gasteiger partial charge in [0.1, 0.15) is 12.4 Å². The molecule has 0 aliphatic heterocycles. The number of nitrogens with zero attached hydrogens (tertiary/aromatic N) is 1. The normalized spacial score (nSPS) is 12.2. The van der Waals surface area contributed by atoms with E-state index in [1.807, 2.05) is 0 Å². The van der Waals surface area contributed by atoms with Crippen LogP contribution in [0.5, 0.6) is 5.75 Å². The van der Waals surface area contributed by atoms with E-state index < -0.39 is 32.6 Å². The average Bonchev–Trinajstić information content (AvgIpc) is 2.37. The van der Waals surface area contributed by atoms with Crippen molar-refractivity contribution in [2.75, 3.05) is 12.4 Å². The lowest BCUT2D eigenvalue weighted by Crippen LogP contribution is -2.22. The van der Waals surface area contributed by atoms with Crippen molar-refractivity contribution in [2.45, 2.75) is 25.3 Å². The van der Waals surface area contributed by atoms with Crippen molar-refractivity contribution in [3.05, 3.63) is 29.3 Å². The van der Waals surface area contributed by atoms with Gasteiger partial charge in [0.2, 0.25) is 0 Å². The van der Waals surface area contributed by atoms with Gasteiger partial charge in [-0.15, -0.1) is 0 Å². The molecule has 0 atom stereocenters. The maximum absolute atomic E-state index is 12.8. The Morgan fingerprint density at radius 3 is 2.43 bits per heavy atom. The van der Waals surface area contributed by atoms with E-state index in [1.165, 1.54) is 19.9 Å². The molecule has 0 aliphatic rings. The van der Waals surface area contributed by atoms with Crippen molar-refractivity contribution in [1.82, 2.24) is 0 Å². The first-order valence-electron chi connectivity index (χ1n) is 6.03. The van der Waals surface area contributed by atoms with Crippen molar-refractivity contribution in [1.29, 1.82) is 5.26 Å². The SMILES string of the molecule is CC(C)S(=O)(=O)CCOc1ccc(C#N)cc1C(F)(F)F. The van der Waals surface area contributed by atoms with Crippen molar-refractivity contribution in [3.8, 4) is 11.8 Å². The number of nitriles is 1. The Hall–Kier alpha value is -1.75. The van der Waals surface area contributed by atoms with E-state index in [-0.39, 0.29) is 17.9 Å². The third kappa shape index (κ3) is 4.63. The third-order valence-electron chi connectivity index (χ3n) is 2.76. The minimum atomic E-state index is -4.68. The Kier molecular flexibility index (Phi) is 5.23. The molecule has 0 heterocycles. The quantitative estimate of drug-likeness (QED) is 0.836. The predicted molar refractivity (Wildman–Crippen MR) is 70.6 cm³/mol. The topological polar surface area (TPSA) is 67.2 Å². The second-order valence-corrected chi connectivity index (χ2v) is 7.26. The molecule has 1 aromatic carbocycles. The molecule has 0 aromatic heterocycles. The Morgan fingerprint density at radius 1 is 1.33 bits per heavy atom. The second-order valence-electron chi connectivity index (χ2n) is 4.58. The number of halogens is 3. The molecule has 0 aliphatic carbocycles. The highest BCUT2D eigenvalue weighted by Crippen LogP contribution is 2.36. The highest BCUT2D eigenvalue weighted by Gasteiger charge is 2.34. The monoisotopic (exact) mass is 321 g/mol. The molecule has 4 nitrogen and oxygen atoms in total. The number of hydrogen-bond donors (Lipinski definition) is 0. The van der Waals surface area contributed by atoms with Gasteiger partial charge in [-0.3, -0.25) is 0 Å². The summed E-state index contributed by atoms with van der Waals surface area (Å²) in [5, 5.41) is 8.00. The molecule has 21 heavy (non-hydrogen) atoms. The molecular weight excluding hydrogens is 307 g/mol. The van der Waals surface area contributed by atoms with Gasteiger partial charge in [-0.1, -0.05) is 0 Å². The Balaban J connectivity index is 2.92. The Bertz CT molecular complexity index is 646. The zero-order valence-electron chi connectivity index (χ0n) is 11.4. The van der Waals surface area contributed by atoms with Crippen LogP contribution in [-0.4, -0.2) is 26.0 Å². The predicted octanol–water partition coefficient (Wildman–Crippen LogP) is 2.78. The van der Waals surface area contributed by atoms with E-state index in [0.29, 0.717) is 6.07 Å². The summed E-state index contributed by atoms with van der Waals surface area (Å²) in [6.45, 7) is 2.59. The summed E-state index contributed by atoms with van der Waals surface area (Å²) in [4.78, 5) is 0. The molecule has 0 radical (unpaired) electrons. The minimum Gasteiger partial charge on any atom is -0.492 e. The highest BCUT2D eigenvalue weighted by atomic mass is 32.2. The van der Waals surface area contributed by atoms with Crippen molar-refractivity contribution < 1.29 is 26.3 Å². The second kappa shape index (κ2) is 6.35. The molecule has 0 spiro atoms. The first kappa shape index (κ1) is 17.3. The summed E-state index contributed by atoms with van der Waals surface area (Å²) < 4.78 is 66.6. The van der Waals surface area contributed by atoms with Gasteiger partial charge in [0.25, 0.3) is 0 Å². The number of rotatable bonds is 5. The third-order valence-corrected chi connectivity index (χ3v) is 4.93. The van der Waals surface area contributed by atoms with E-state index in [1.54, 1.807) is 6.07 Å². The zero-order valence-corrected chi connectivity index (χ0v) is 12.3. The molecule has 0 amide bonds. The number of ether oxygens (including phenoxy) is 1. The van der Waals surface area contributed by atoms with E-state index in [2.05, 4.69) is 0 Å². The first-order valence-corrected chi connectivity index (χ1v) is 7.75. The van der Waals surface area contributed by atoms with E-state index in [0.717, 1.165) is 6.07 Å². The van der Waals surface area contributed by atoms with Gasteiger partial charge in [-0.25, -0.2) is 8.42 Å². The van der Waals surface area contributed by atoms with E-state index in [4.69, 9.17) is 10.00 Å². The summed E-state index contributed by atoms with van der Waals surface area (Å²) in [6.07, 6.45) is -4.68. The van der Waals surface area contributed by atoms with Crippen LogP contribution in [0.25, 0.3) is 0 Å². The largest absolute Gasteiger partial charge is 0.492 e. The molecule has 0 saturated carbocycles. The Morgan fingerprint density at radius 2 is 1.95 bits per heavy atom. The smallest absolute Gasteiger partial charge is 0.420 e. The summed E-state index contributed by atoms with van der Waals surface area (Å²) in [5.41, 5.74) is -1.24. The number of sulfone groups is 1. The van der Waals surface area contributed by atoms with Gasteiger partial charge in [0.05, 0.1) is 28.2 Å². The summed E-state index contributed by atoms with van der Waals surface area (Å²) in [5.74, 6) is -0.859. The van der Waals surface area contributed by atoms with Crippen LogP contribution < -0.4 is 4.74 Å². The van der Waals surface area contributed by atoms with Gasteiger partial charge < -0.3 is 4.74 Å². The number of benzene rings is 1. The van der Waals surface area contributed by atoms with Crippen LogP contribution in [0.4, 0.5) is 13.2 Å². The molecule has 0 saturated heterocycles. The summed E-state index contributed by atoms with van der Waals surface area (Å²) in [7, 11) is -3.39.